The van der Waals surface area contributed by atoms with Crippen LogP contribution < -0.4 is 0 Å². The molecule has 1 heterocycles. The van der Waals surface area contributed by atoms with E-state index in [1.165, 1.54) is 5.56 Å². The van der Waals surface area contributed by atoms with Gasteiger partial charge in [-0.25, -0.2) is 0 Å². The van der Waals surface area contributed by atoms with Crippen molar-refractivity contribution in [2.24, 2.45) is 5.92 Å². The number of rotatable bonds is 5. The van der Waals surface area contributed by atoms with Gasteiger partial charge in [-0.2, -0.15) is 5.26 Å². The number of benzene rings is 2. The first kappa shape index (κ1) is 16.7. The number of likely N-dealkylation sites (tertiary alicyclic amines) is 1. The van der Waals surface area contributed by atoms with Crippen LogP contribution in [0, 0.1) is 17.2 Å². The number of nitrogens with zero attached hydrogens (tertiary/aromatic N) is 2. The number of nitriles is 1. The molecule has 3 rings (SSSR count). The summed E-state index contributed by atoms with van der Waals surface area (Å²) in [4.78, 5) is 2.39. The Bertz CT molecular complexity index is 684. The Hall–Kier alpha value is -2.15. The van der Waals surface area contributed by atoms with Gasteiger partial charge in [-0.05, 0) is 55.5 Å². The zero-order chi connectivity index (χ0) is 16.8. The van der Waals surface area contributed by atoms with Gasteiger partial charge in [0.15, 0.2) is 0 Å². The molecule has 1 saturated heterocycles. The highest BCUT2D eigenvalue weighted by atomic mass is 16.3. The summed E-state index contributed by atoms with van der Waals surface area (Å²) < 4.78 is 0. The lowest BCUT2D eigenvalue weighted by Gasteiger charge is -2.34. The third-order valence-electron chi connectivity index (χ3n) is 5.00. The Kier molecular flexibility index (Phi) is 5.63. The molecule has 1 N–H and O–H groups in total. The average molecular weight is 320 g/mol. The van der Waals surface area contributed by atoms with Gasteiger partial charge in [-0.1, -0.05) is 48.5 Å². The van der Waals surface area contributed by atoms with E-state index in [-0.39, 0.29) is 6.10 Å². The highest BCUT2D eigenvalue weighted by molar-refractivity contribution is 5.37. The van der Waals surface area contributed by atoms with E-state index in [2.05, 4.69) is 23.1 Å². The van der Waals surface area contributed by atoms with E-state index < -0.39 is 0 Å². The molecule has 0 saturated carbocycles. The summed E-state index contributed by atoms with van der Waals surface area (Å²) in [5.74, 6) is 0.368. The summed E-state index contributed by atoms with van der Waals surface area (Å²) in [7, 11) is 0. The van der Waals surface area contributed by atoms with Crippen molar-refractivity contribution in [2.75, 3.05) is 13.1 Å². The minimum absolute atomic E-state index is 0.263. The van der Waals surface area contributed by atoms with Crippen molar-refractivity contribution in [3.63, 3.8) is 0 Å². The molecule has 1 aliphatic heterocycles. The maximum absolute atomic E-state index is 10.5. The standard InChI is InChI=1S/C21H24N2O/c22-15-19-8-4-5-9-20(19)16-23-12-10-18(11-13-23)21(24)14-17-6-2-1-3-7-17/h1-9,18,21,24H,10-14,16H2/t21-/m0/s1. The van der Waals surface area contributed by atoms with Gasteiger partial charge in [0.05, 0.1) is 17.7 Å². The van der Waals surface area contributed by atoms with Gasteiger partial charge in [-0.15, -0.1) is 0 Å². The highest BCUT2D eigenvalue weighted by Crippen LogP contribution is 2.24. The molecular weight excluding hydrogens is 296 g/mol. The molecule has 0 bridgehead atoms. The predicted molar refractivity (Wildman–Crippen MR) is 95.3 cm³/mol. The third-order valence-corrected chi connectivity index (χ3v) is 5.00. The molecule has 124 valence electrons. The Morgan fingerprint density at radius 1 is 1.04 bits per heavy atom. The van der Waals surface area contributed by atoms with E-state index >= 15 is 0 Å². The minimum atomic E-state index is -0.263. The van der Waals surface area contributed by atoms with Crippen LogP contribution in [-0.4, -0.2) is 29.2 Å². The lowest BCUT2D eigenvalue weighted by Crippen LogP contribution is -2.38. The second-order valence-corrected chi connectivity index (χ2v) is 6.64. The van der Waals surface area contributed by atoms with Gasteiger partial charge >= 0.3 is 0 Å². The number of hydrogen-bond acceptors (Lipinski definition) is 3. The van der Waals surface area contributed by atoms with Crippen molar-refractivity contribution >= 4 is 0 Å². The number of piperidine rings is 1. The van der Waals surface area contributed by atoms with Gasteiger partial charge in [0.1, 0.15) is 0 Å². The van der Waals surface area contributed by atoms with Crippen LogP contribution in [0.25, 0.3) is 0 Å². The van der Waals surface area contributed by atoms with Gasteiger partial charge in [0.25, 0.3) is 0 Å². The maximum Gasteiger partial charge on any atom is 0.0995 e. The molecule has 0 radical (unpaired) electrons. The fourth-order valence-corrected chi connectivity index (χ4v) is 3.53. The Morgan fingerprint density at radius 2 is 1.71 bits per heavy atom. The topological polar surface area (TPSA) is 47.3 Å². The predicted octanol–water partition coefficient (Wildman–Crippen LogP) is 3.37. The van der Waals surface area contributed by atoms with Crippen LogP contribution in [0.2, 0.25) is 0 Å². The molecule has 0 aliphatic carbocycles. The summed E-state index contributed by atoms with van der Waals surface area (Å²) >= 11 is 0. The van der Waals surface area contributed by atoms with Gasteiger partial charge < -0.3 is 5.11 Å². The van der Waals surface area contributed by atoms with E-state index in [1.54, 1.807) is 0 Å². The molecule has 0 amide bonds. The number of aliphatic hydroxyl groups is 1. The van der Waals surface area contributed by atoms with Crippen molar-refractivity contribution in [1.29, 1.82) is 5.26 Å². The Balaban J connectivity index is 1.51. The first-order valence-corrected chi connectivity index (χ1v) is 8.68. The largest absolute Gasteiger partial charge is 0.392 e. The van der Waals surface area contributed by atoms with Gasteiger partial charge in [-0.3, -0.25) is 4.90 Å². The van der Waals surface area contributed by atoms with E-state index in [0.717, 1.165) is 50.0 Å². The van der Waals surface area contributed by atoms with Crippen LogP contribution in [0.5, 0.6) is 0 Å². The molecule has 3 nitrogen and oxygen atoms in total. The van der Waals surface area contributed by atoms with Crippen LogP contribution in [0.4, 0.5) is 0 Å². The van der Waals surface area contributed by atoms with Crippen LogP contribution in [0.1, 0.15) is 29.5 Å². The Morgan fingerprint density at radius 3 is 2.42 bits per heavy atom. The monoisotopic (exact) mass is 320 g/mol. The van der Waals surface area contributed by atoms with E-state index in [1.807, 2.05) is 42.5 Å². The maximum atomic E-state index is 10.5. The fourth-order valence-electron chi connectivity index (χ4n) is 3.53. The highest BCUT2D eigenvalue weighted by Gasteiger charge is 2.25. The SMILES string of the molecule is N#Cc1ccccc1CN1CCC([C@@H](O)Cc2ccccc2)CC1. The summed E-state index contributed by atoms with van der Waals surface area (Å²) in [6.07, 6.45) is 2.51. The van der Waals surface area contributed by atoms with E-state index in [4.69, 9.17) is 0 Å². The first-order chi connectivity index (χ1) is 11.8. The quantitative estimate of drug-likeness (QED) is 0.919. The van der Waals surface area contributed by atoms with Crippen LogP contribution in [0.3, 0.4) is 0 Å². The van der Waals surface area contributed by atoms with E-state index in [0.29, 0.717) is 5.92 Å². The molecule has 0 aromatic heterocycles. The zero-order valence-corrected chi connectivity index (χ0v) is 13.9. The van der Waals surface area contributed by atoms with Gasteiger partial charge in [0.2, 0.25) is 0 Å². The summed E-state index contributed by atoms with van der Waals surface area (Å²) in [5, 5.41) is 19.7. The second kappa shape index (κ2) is 8.10. The molecule has 2 aromatic rings. The first-order valence-electron chi connectivity index (χ1n) is 8.68. The van der Waals surface area contributed by atoms with Gasteiger partial charge in [0, 0.05) is 6.54 Å². The zero-order valence-electron chi connectivity index (χ0n) is 13.9. The van der Waals surface area contributed by atoms with Crippen molar-refractivity contribution in [3.05, 3.63) is 71.3 Å². The number of aliphatic hydroxyl groups excluding tert-OH is 1. The lowest BCUT2D eigenvalue weighted by atomic mass is 9.87. The molecule has 1 atom stereocenters. The van der Waals surface area contributed by atoms with Crippen molar-refractivity contribution in [3.8, 4) is 6.07 Å². The molecule has 0 spiro atoms. The average Bonchev–Trinajstić information content (AvgIpc) is 2.63. The number of hydrogen-bond donors (Lipinski definition) is 1. The van der Waals surface area contributed by atoms with Crippen molar-refractivity contribution in [2.45, 2.75) is 31.9 Å². The molecule has 3 heteroatoms. The van der Waals surface area contributed by atoms with Crippen molar-refractivity contribution in [1.82, 2.24) is 4.90 Å². The second-order valence-electron chi connectivity index (χ2n) is 6.64. The molecule has 1 aliphatic rings. The van der Waals surface area contributed by atoms with Crippen LogP contribution in [0.15, 0.2) is 54.6 Å². The normalized spacial score (nSPS) is 17.3. The summed E-state index contributed by atoms with van der Waals surface area (Å²) in [6, 6.07) is 20.3. The molecule has 2 aromatic carbocycles. The molecular formula is C21H24N2O. The van der Waals surface area contributed by atoms with Crippen molar-refractivity contribution < 1.29 is 5.11 Å². The van der Waals surface area contributed by atoms with Crippen LogP contribution in [-0.2, 0) is 13.0 Å². The minimum Gasteiger partial charge on any atom is -0.392 e. The molecule has 1 fully saturated rings. The molecule has 24 heavy (non-hydrogen) atoms. The van der Waals surface area contributed by atoms with Crippen LogP contribution >= 0.6 is 0 Å². The summed E-state index contributed by atoms with van der Waals surface area (Å²) in [5.41, 5.74) is 3.07. The fraction of sp³-hybridized carbons (Fsp3) is 0.381. The molecule has 0 unspecified atom stereocenters. The van der Waals surface area contributed by atoms with E-state index in [9.17, 15) is 10.4 Å². The third kappa shape index (κ3) is 4.23. The lowest BCUT2D eigenvalue weighted by molar-refractivity contribution is 0.0576. The Labute approximate surface area is 144 Å². The smallest absolute Gasteiger partial charge is 0.0995 e. The summed E-state index contributed by atoms with van der Waals surface area (Å²) in [6.45, 7) is 2.79.